The van der Waals surface area contributed by atoms with Gasteiger partial charge >= 0.3 is 0 Å². The zero-order chi connectivity index (χ0) is 14.4. The lowest BCUT2D eigenvalue weighted by Crippen LogP contribution is -2.32. The van der Waals surface area contributed by atoms with Gasteiger partial charge in [-0.25, -0.2) is 0 Å². The molecule has 1 N–H and O–H groups in total. The number of rotatable bonds is 5. The molecule has 2 aliphatic rings. The van der Waals surface area contributed by atoms with Crippen molar-refractivity contribution in [2.45, 2.75) is 78.2 Å². The molecular weight excluding hydrogens is 244 g/mol. The van der Waals surface area contributed by atoms with E-state index in [1.54, 1.807) is 0 Å². The molecule has 0 radical (unpaired) electrons. The third-order valence-corrected chi connectivity index (χ3v) is 5.48. The van der Waals surface area contributed by atoms with E-state index in [4.69, 9.17) is 0 Å². The number of nitrogens with one attached hydrogen (secondary N) is 1. The van der Waals surface area contributed by atoms with Crippen LogP contribution in [0.25, 0.3) is 0 Å². The number of nitrogens with zero attached hydrogens (tertiary/aromatic N) is 1. The first-order valence-corrected chi connectivity index (χ1v) is 9.01. The average Bonchev–Trinajstić information content (AvgIpc) is 2.77. The highest BCUT2D eigenvalue weighted by molar-refractivity contribution is 4.79. The van der Waals surface area contributed by atoms with Crippen LogP contribution in [0.5, 0.6) is 0 Å². The summed E-state index contributed by atoms with van der Waals surface area (Å²) in [4.78, 5) is 2.71. The molecule has 1 saturated heterocycles. The van der Waals surface area contributed by atoms with Gasteiger partial charge in [0.2, 0.25) is 0 Å². The third-order valence-electron chi connectivity index (χ3n) is 5.48. The van der Waals surface area contributed by atoms with Crippen LogP contribution in [0.4, 0.5) is 0 Å². The molecule has 2 nitrogen and oxygen atoms in total. The molecule has 2 heteroatoms. The first kappa shape index (κ1) is 16.3. The molecule has 0 spiro atoms. The molecule has 1 heterocycles. The van der Waals surface area contributed by atoms with Crippen LogP contribution >= 0.6 is 0 Å². The highest BCUT2D eigenvalue weighted by Gasteiger charge is 2.26. The van der Waals surface area contributed by atoms with Gasteiger partial charge in [-0.05, 0) is 76.0 Å². The quantitative estimate of drug-likeness (QED) is 0.764. The summed E-state index contributed by atoms with van der Waals surface area (Å²) in [6.45, 7) is 12.4. The Hall–Kier alpha value is -0.0800. The van der Waals surface area contributed by atoms with E-state index in [-0.39, 0.29) is 0 Å². The van der Waals surface area contributed by atoms with Gasteiger partial charge in [0.25, 0.3) is 0 Å². The summed E-state index contributed by atoms with van der Waals surface area (Å²) in [7, 11) is 0. The molecule has 0 aromatic carbocycles. The third kappa shape index (κ3) is 5.37. The predicted octanol–water partition coefficient (Wildman–Crippen LogP) is 4.06. The highest BCUT2D eigenvalue weighted by atomic mass is 15.1. The largest absolute Gasteiger partial charge is 0.314 e. The molecule has 2 fully saturated rings. The Kier molecular flexibility index (Phi) is 6.35. The normalized spacial score (nSPS) is 26.9. The van der Waals surface area contributed by atoms with Gasteiger partial charge in [-0.15, -0.1) is 0 Å². The highest BCUT2D eigenvalue weighted by Crippen LogP contribution is 2.34. The molecule has 2 rings (SSSR count). The van der Waals surface area contributed by atoms with Gasteiger partial charge in [-0.2, -0.15) is 0 Å². The summed E-state index contributed by atoms with van der Waals surface area (Å²) in [5.41, 5.74) is 0.500. The van der Waals surface area contributed by atoms with Crippen LogP contribution in [-0.4, -0.2) is 37.1 Å². The molecule has 1 aliphatic heterocycles. The molecule has 118 valence electrons. The summed E-state index contributed by atoms with van der Waals surface area (Å²) >= 11 is 0. The first-order valence-electron chi connectivity index (χ1n) is 9.01. The molecule has 1 aliphatic carbocycles. The van der Waals surface area contributed by atoms with Crippen LogP contribution in [0.1, 0.15) is 72.1 Å². The Morgan fingerprint density at radius 2 is 1.70 bits per heavy atom. The maximum atomic E-state index is 3.74. The van der Waals surface area contributed by atoms with E-state index in [1.807, 2.05) is 0 Å². The summed E-state index contributed by atoms with van der Waals surface area (Å²) in [5.74, 6) is 0.920. The van der Waals surface area contributed by atoms with Crippen molar-refractivity contribution in [3.05, 3.63) is 0 Å². The van der Waals surface area contributed by atoms with Crippen molar-refractivity contribution in [1.82, 2.24) is 10.2 Å². The minimum Gasteiger partial charge on any atom is -0.314 e. The lowest BCUT2D eigenvalue weighted by Gasteiger charge is -2.29. The van der Waals surface area contributed by atoms with Crippen LogP contribution in [-0.2, 0) is 0 Å². The Balaban J connectivity index is 1.59. The Bertz CT molecular complexity index is 263. The number of likely N-dealkylation sites (tertiary alicyclic amines) is 1. The standard InChI is InChI=1S/C18H36N2/c1-18(2,3)16-8-6-13-20(15-11-16)14-7-12-19-17-9-4-5-10-17/h16-17,19H,4-15H2,1-3H3. The zero-order valence-electron chi connectivity index (χ0n) is 14.1. The molecule has 1 unspecified atom stereocenters. The van der Waals surface area contributed by atoms with Crippen molar-refractivity contribution < 1.29 is 0 Å². The van der Waals surface area contributed by atoms with E-state index in [0.717, 1.165) is 12.0 Å². The summed E-state index contributed by atoms with van der Waals surface area (Å²) in [5, 5.41) is 3.74. The molecule has 0 aromatic rings. The van der Waals surface area contributed by atoms with Gasteiger partial charge in [-0.1, -0.05) is 33.6 Å². The summed E-state index contributed by atoms with van der Waals surface area (Å²) in [6.07, 6.45) is 11.3. The number of hydrogen-bond acceptors (Lipinski definition) is 2. The van der Waals surface area contributed by atoms with Crippen LogP contribution in [0.3, 0.4) is 0 Å². The average molecular weight is 280 g/mol. The van der Waals surface area contributed by atoms with Gasteiger partial charge in [-0.3, -0.25) is 0 Å². The van der Waals surface area contributed by atoms with Gasteiger partial charge < -0.3 is 10.2 Å². The molecular formula is C18H36N2. The Labute approximate surface area is 126 Å². The smallest absolute Gasteiger partial charge is 0.00670 e. The van der Waals surface area contributed by atoms with E-state index in [9.17, 15) is 0 Å². The fraction of sp³-hybridized carbons (Fsp3) is 1.00. The van der Waals surface area contributed by atoms with Crippen molar-refractivity contribution in [3.8, 4) is 0 Å². The molecule has 20 heavy (non-hydrogen) atoms. The van der Waals surface area contributed by atoms with Crippen molar-refractivity contribution in [2.75, 3.05) is 26.2 Å². The zero-order valence-corrected chi connectivity index (χ0v) is 14.1. The van der Waals surface area contributed by atoms with E-state index >= 15 is 0 Å². The summed E-state index contributed by atoms with van der Waals surface area (Å²) in [6, 6.07) is 0.837. The molecule has 0 bridgehead atoms. The second-order valence-electron chi connectivity index (χ2n) is 8.12. The Morgan fingerprint density at radius 1 is 0.950 bits per heavy atom. The van der Waals surface area contributed by atoms with Crippen molar-refractivity contribution >= 4 is 0 Å². The van der Waals surface area contributed by atoms with Crippen LogP contribution in [0.2, 0.25) is 0 Å². The lowest BCUT2D eigenvalue weighted by molar-refractivity contribution is 0.207. The second-order valence-corrected chi connectivity index (χ2v) is 8.12. The SMILES string of the molecule is CC(C)(C)C1CCCN(CCCNC2CCCC2)CC1. The topological polar surface area (TPSA) is 15.3 Å². The minimum atomic E-state index is 0.500. The van der Waals surface area contributed by atoms with Crippen LogP contribution in [0, 0.1) is 11.3 Å². The number of hydrogen-bond donors (Lipinski definition) is 1. The van der Waals surface area contributed by atoms with Gasteiger partial charge in [0.1, 0.15) is 0 Å². The van der Waals surface area contributed by atoms with Crippen LogP contribution in [0.15, 0.2) is 0 Å². The van der Waals surface area contributed by atoms with Crippen molar-refractivity contribution in [3.63, 3.8) is 0 Å². The molecule has 0 aromatic heterocycles. The lowest BCUT2D eigenvalue weighted by atomic mass is 9.77. The fourth-order valence-corrected chi connectivity index (χ4v) is 3.98. The first-order chi connectivity index (χ1) is 9.55. The van der Waals surface area contributed by atoms with E-state index in [0.29, 0.717) is 5.41 Å². The summed E-state index contributed by atoms with van der Waals surface area (Å²) < 4.78 is 0. The minimum absolute atomic E-state index is 0.500. The van der Waals surface area contributed by atoms with E-state index < -0.39 is 0 Å². The van der Waals surface area contributed by atoms with Gasteiger partial charge in [0.05, 0.1) is 0 Å². The van der Waals surface area contributed by atoms with Crippen LogP contribution < -0.4 is 5.32 Å². The monoisotopic (exact) mass is 280 g/mol. The van der Waals surface area contributed by atoms with Gasteiger partial charge in [0, 0.05) is 6.04 Å². The van der Waals surface area contributed by atoms with Crippen molar-refractivity contribution in [1.29, 1.82) is 0 Å². The molecule has 1 atom stereocenters. The molecule has 1 saturated carbocycles. The Morgan fingerprint density at radius 3 is 2.40 bits per heavy atom. The van der Waals surface area contributed by atoms with E-state index in [2.05, 4.69) is 31.0 Å². The second kappa shape index (κ2) is 7.79. The van der Waals surface area contributed by atoms with Crippen molar-refractivity contribution in [2.24, 2.45) is 11.3 Å². The van der Waals surface area contributed by atoms with E-state index in [1.165, 1.54) is 77.5 Å². The predicted molar refractivity (Wildman–Crippen MR) is 88.1 cm³/mol. The van der Waals surface area contributed by atoms with Gasteiger partial charge in [0.15, 0.2) is 0 Å². The fourth-order valence-electron chi connectivity index (χ4n) is 3.98. The maximum Gasteiger partial charge on any atom is 0.00670 e. The molecule has 0 amide bonds. The maximum absolute atomic E-state index is 3.74.